The highest BCUT2D eigenvalue weighted by molar-refractivity contribution is 7.89. The van der Waals surface area contributed by atoms with E-state index in [9.17, 15) is 8.42 Å². The van der Waals surface area contributed by atoms with E-state index in [1.807, 2.05) is 24.7 Å². The number of anilines is 1. The number of hydrogen-bond acceptors (Lipinski definition) is 5. The molecule has 2 aromatic heterocycles. The summed E-state index contributed by atoms with van der Waals surface area (Å²) in [5.41, 5.74) is 1.96. The Labute approximate surface area is 143 Å². The molecule has 0 aliphatic carbocycles. The van der Waals surface area contributed by atoms with Crippen molar-refractivity contribution in [1.29, 1.82) is 0 Å². The molecule has 2 aromatic rings. The van der Waals surface area contributed by atoms with Gasteiger partial charge in [0.25, 0.3) is 0 Å². The summed E-state index contributed by atoms with van der Waals surface area (Å²) in [5.74, 6) is 0.612. The first kappa shape index (κ1) is 18.4. The van der Waals surface area contributed by atoms with Crippen LogP contribution in [0.2, 0.25) is 0 Å². The summed E-state index contributed by atoms with van der Waals surface area (Å²) >= 11 is 0. The Morgan fingerprint density at radius 3 is 2.38 bits per heavy atom. The average molecular weight is 351 g/mol. The number of nitrogens with zero attached hydrogens (tertiary/aromatic N) is 3. The summed E-state index contributed by atoms with van der Waals surface area (Å²) in [7, 11) is -2.09. The second-order valence-corrected chi connectivity index (χ2v) is 8.62. The maximum absolute atomic E-state index is 11.7. The molecule has 0 fully saturated rings. The minimum absolute atomic E-state index is 0.000331. The predicted octanol–water partition coefficient (Wildman–Crippen LogP) is 2.42. The Balaban J connectivity index is 2.18. The number of aromatic nitrogens is 3. The summed E-state index contributed by atoms with van der Waals surface area (Å²) in [5, 5.41) is 7.85. The van der Waals surface area contributed by atoms with Crippen LogP contribution in [0.3, 0.4) is 0 Å². The molecule has 2 rings (SSSR count). The minimum Gasteiger partial charge on any atom is -0.363 e. The van der Waals surface area contributed by atoms with Crippen molar-refractivity contribution >= 4 is 15.8 Å². The van der Waals surface area contributed by atoms with Gasteiger partial charge in [-0.1, -0.05) is 0 Å². The van der Waals surface area contributed by atoms with Gasteiger partial charge in [0, 0.05) is 18.0 Å². The van der Waals surface area contributed by atoms with E-state index >= 15 is 0 Å². The van der Waals surface area contributed by atoms with E-state index in [4.69, 9.17) is 0 Å². The molecule has 1 atom stereocenters. The van der Waals surface area contributed by atoms with E-state index in [0.717, 1.165) is 11.3 Å². The Bertz CT molecular complexity index is 804. The standard InChI is InChI=1S/C16H25N5O2S/c1-11(14-10-21(16(3,4)5)20-12(14)2)19-15-8-7-13(9-18-15)24(22,23)17-6/h7-11,17H,1-6H3,(H,18,19). The van der Waals surface area contributed by atoms with Gasteiger partial charge in [0.2, 0.25) is 10.0 Å². The first-order valence-electron chi connectivity index (χ1n) is 7.77. The SMILES string of the molecule is CNS(=O)(=O)c1ccc(NC(C)c2cn(C(C)(C)C)nc2C)nc1. The van der Waals surface area contributed by atoms with Crippen molar-refractivity contribution < 1.29 is 8.42 Å². The molecule has 132 valence electrons. The van der Waals surface area contributed by atoms with Gasteiger partial charge in [-0.2, -0.15) is 5.10 Å². The highest BCUT2D eigenvalue weighted by atomic mass is 32.2. The van der Waals surface area contributed by atoms with Crippen LogP contribution in [-0.4, -0.2) is 30.2 Å². The molecule has 0 saturated carbocycles. The number of aryl methyl sites for hydroxylation is 1. The Morgan fingerprint density at radius 2 is 1.92 bits per heavy atom. The molecule has 1 unspecified atom stereocenters. The van der Waals surface area contributed by atoms with Gasteiger partial charge >= 0.3 is 0 Å². The van der Waals surface area contributed by atoms with Crippen molar-refractivity contribution in [2.45, 2.75) is 51.1 Å². The summed E-state index contributed by atoms with van der Waals surface area (Å²) in [6.07, 6.45) is 3.37. The normalized spacial score (nSPS) is 13.8. The Hall–Kier alpha value is -1.93. The third-order valence-corrected chi connectivity index (χ3v) is 5.17. The van der Waals surface area contributed by atoms with Crippen molar-refractivity contribution in [2.24, 2.45) is 0 Å². The fourth-order valence-corrected chi connectivity index (χ4v) is 2.96. The molecular weight excluding hydrogens is 326 g/mol. The van der Waals surface area contributed by atoms with Crippen LogP contribution in [0.25, 0.3) is 0 Å². The highest BCUT2D eigenvalue weighted by Gasteiger charge is 2.19. The van der Waals surface area contributed by atoms with E-state index < -0.39 is 10.0 Å². The van der Waals surface area contributed by atoms with E-state index in [0.29, 0.717) is 5.82 Å². The van der Waals surface area contributed by atoms with Crippen molar-refractivity contribution in [1.82, 2.24) is 19.5 Å². The number of hydrogen-bond donors (Lipinski definition) is 2. The lowest BCUT2D eigenvalue weighted by molar-refractivity contribution is 0.354. The van der Waals surface area contributed by atoms with Gasteiger partial charge in [0.1, 0.15) is 10.7 Å². The Morgan fingerprint density at radius 1 is 1.25 bits per heavy atom. The lowest BCUT2D eigenvalue weighted by Crippen LogP contribution is -2.22. The first-order chi connectivity index (χ1) is 11.0. The largest absolute Gasteiger partial charge is 0.363 e. The third kappa shape index (κ3) is 3.93. The van der Waals surface area contributed by atoms with Crippen molar-refractivity contribution in [3.63, 3.8) is 0 Å². The zero-order valence-corrected chi connectivity index (χ0v) is 15.8. The molecule has 2 heterocycles. The second kappa shape index (κ2) is 6.52. The van der Waals surface area contributed by atoms with Gasteiger partial charge in [0.05, 0.1) is 17.3 Å². The average Bonchev–Trinajstić information content (AvgIpc) is 2.90. The third-order valence-electron chi connectivity index (χ3n) is 3.77. The summed E-state index contributed by atoms with van der Waals surface area (Å²) in [6.45, 7) is 10.3. The van der Waals surface area contributed by atoms with Gasteiger partial charge in [-0.15, -0.1) is 0 Å². The number of sulfonamides is 1. The lowest BCUT2D eigenvalue weighted by Gasteiger charge is -2.19. The molecule has 0 aromatic carbocycles. The molecule has 0 aliphatic rings. The molecule has 0 bridgehead atoms. The van der Waals surface area contributed by atoms with E-state index in [-0.39, 0.29) is 16.5 Å². The van der Waals surface area contributed by atoms with E-state index in [1.54, 1.807) is 6.07 Å². The predicted molar refractivity (Wildman–Crippen MR) is 94.5 cm³/mol. The van der Waals surface area contributed by atoms with Crippen LogP contribution in [0.1, 0.15) is 45.0 Å². The maximum atomic E-state index is 11.7. The zero-order chi connectivity index (χ0) is 18.1. The number of nitrogens with one attached hydrogen (secondary N) is 2. The lowest BCUT2D eigenvalue weighted by atomic mass is 10.1. The molecular formula is C16H25N5O2S. The molecule has 2 N–H and O–H groups in total. The number of pyridine rings is 1. The monoisotopic (exact) mass is 351 g/mol. The van der Waals surface area contributed by atoms with Gasteiger partial charge in [-0.05, 0) is 53.8 Å². The molecule has 7 nitrogen and oxygen atoms in total. The van der Waals surface area contributed by atoms with Gasteiger partial charge in [0.15, 0.2) is 0 Å². The van der Waals surface area contributed by atoms with Crippen molar-refractivity contribution in [2.75, 3.05) is 12.4 Å². The van der Waals surface area contributed by atoms with Crippen LogP contribution in [0.5, 0.6) is 0 Å². The van der Waals surface area contributed by atoms with Crippen LogP contribution < -0.4 is 10.0 Å². The van der Waals surface area contributed by atoms with E-state index in [1.165, 1.54) is 19.3 Å². The second-order valence-electron chi connectivity index (χ2n) is 6.74. The first-order valence-corrected chi connectivity index (χ1v) is 9.25. The summed E-state index contributed by atoms with van der Waals surface area (Å²) in [4.78, 5) is 4.32. The van der Waals surface area contributed by atoms with Crippen LogP contribution in [-0.2, 0) is 15.6 Å². The van der Waals surface area contributed by atoms with Crippen LogP contribution in [0.15, 0.2) is 29.4 Å². The molecule has 0 amide bonds. The Kier molecular flexibility index (Phi) is 5.00. The summed E-state index contributed by atoms with van der Waals surface area (Å²) < 4.78 is 27.6. The smallest absolute Gasteiger partial charge is 0.241 e. The fraction of sp³-hybridized carbons (Fsp3) is 0.500. The van der Waals surface area contributed by atoms with Crippen LogP contribution >= 0.6 is 0 Å². The van der Waals surface area contributed by atoms with E-state index in [2.05, 4.69) is 40.9 Å². The van der Waals surface area contributed by atoms with Gasteiger partial charge in [-0.25, -0.2) is 18.1 Å². The zero-order valence-electron chi connectivity index (χ0n) is 15.0. The fourth-order valence-electron chi connectivity index (χ4n) is 2.28. The molecule has 0 spiro atoms. The van der Waals surface area contributed by atoms with Crippen molar-refractivity contribution in [3.8, 4) is 0 Å². The van der Waals surface area contributed by atoms with Gasteiger partial charge in [-0.3, -0.25) is 4.68 Å². The molecule has 0 radical (unpaired) electrons. The minimum atomic E-state index is -3.47. The molecule has 0 aliphatic heterocycles. The van der Waals surface area contributed by atoms with Crippen LogP contribution in [0, 0.1) is 6.92 Å². The topological polar surface area (TPSA) is 88.9 Å². The molecule has 24 heavy (non-hydrogen) atoms. The van der Waals surface area contributed by atoms with Crippen molar-refractivity contribution in [3.05, 3.63) is 35.8 Å². The summed E-state index contributed by atoms with van der Waals surface area (Å²) in [6, 6.07) is 3.18. The molecule has 8 heteroatoms. The number of rotatable bonds is 5. The van der Waals surface area contributed by atoms with Crippen LogP contribution in [0.4, 0.5) is 5.82 Å². The molecule has 0 saturated heterocycles. The van der Waals surface area contributed by atoms with Gasteiger partial charge < -0.3 is 5.32 Å². The highest BCUT2D eigenvalue weighted by Crippen LogP contribution is 2.24. The quantitative estimate of drug-likeness (QED) is 0.863. The maximum Gasteiger partial charge on any atom is 0.241 e.